The molecule has 1 aliphatic rings. The first-order valence-electron chi connectivity index (χ1n) is 9.53. The van der Waals surface area contributed by atoms with Gasteiger partial charge < -0.3 is 4.90 Å². The molecule has 8 nitrogen and oxygen atoms in total. The highest BCUT2D eigenvalue weighted by molar-refractivity contribution is 6.04. The number of hydrogen-bond acceptors (Lipinski definition) is 4. The summed E-state index contributed by atoms with van der Waals surface area (Å²) in [5.41, 5.74) is 3.59. The second kappa shape index (κ2) is 7.82. The van der Waals surface area contributed by atoms with Gasteiger partial charge in [-0.25, -0.2) is 4.79 Å². The number of para-hydroxylation sites is 1. The van der Waals surface area contributed by atoms with Gasteiger partial charge in [0, 0.05) is 18.1 Å². The molecule has 4 amide bonds. The van der Waals surface area contributed by atoms with Gasteiger partial charge in [0.15, 0.2) is 5.82 Å². The first-order chi connectivity index (χ1) is 14.5. The summed E-state index contributed by atoms with van der Waals surface area (Å²) in [5, 5.41) is 9.67. The van der Waals surface area contributed by atoms with Crippen LogP contribution in [0.4, 0.5) is 16.3 Å². The molecule has 0 aliphatic carbocycles. The summed E-state index contributed by atoms with van der Waals surface area (Å²) in [5.74, 6) is -0.169. The molecule has 0 spiro atoms. The maximum Gasteiger partial charge on any atom is 0.324 e. The summed E-state index contributed by atoms with van der Waals surface area (Å²) in [4.78, 5) is 40.4. The van der Waals surface area contributed by atoms with Crippen molar-refractivity contribution in [3.8, 4) is 0 Å². The van der Waals surface area contributed by atoms with Crippen molar-refractivity contribution in [2.75, 3.05) is 4.90 Å². The van der Waals surface area contributed by atoms with E-state index in [9.17, 15) is 14.4 Å². The fraction of sp³-hybridized carbons (Fsp3) is 0.182. The molecule has 0 atom stereocenters. The zero-order valence-corrected chi connectivity index (χ0v) is 16.7. The Morgan fingerprint density at radius 3 is 2.43 bits per heavy atom. The van der Waals surface area contributed by atoms with Gasteiger partial charge in [0.2, 0.25) is 5.91 Å². The summed E-state index contributed by atoms with van der Waals surface area (Å²) in [6, 6.07) is 15.6. The minimum absolute atomic E-state index is 0.180. The van der Waals surface area contributed by atoms with Gasteiger partial charge in [-0.3, -0.25) is 24.9 Å². The molecule has 0 fully saturated rings. The van der Waals surface area contributed by atoms with E-state index < -0.39 is 11.9 Å². The van der Waals surface area contributed by atoms with Crippen LogP contribution >= 0.6 is 0 Å². The van der Waals surface area contributed by atoms with Crippen molar-refractivity contribution in [1.82, 2.24) is 20.4 Å². The number of rotatable bonds is 3. The van der Waals surface area contributed by atoms with E-state index in [1.54, 1.807) is 35.2 Å². The van der Waals surface area contributed by atoms with Crippen molar-refractivity contribution in [3.05, 3.63) is 77.0 Å². The molecular weight excluding hydrogens is 382 g/mol. The quantitative estimate of drug-likeness (QED) is 0.701. The van der Waals surface area contributed by atoms with Crippen LogP contribution in [0.2, 0.25) is 0 Å². The molecule has 0 saturated carbocycles. The summed E-state index contributed by atoms with van der Waals surface area (Å²) < 4.78 is 0. The molecule has 2 N–H and O–H groups in total. The number of fused-ring (bicyclic) bond motifs is 1. The Balaban J connectivity index is 1.54. The number of nitrogens with one attached hydrogen (secondary N) is 2. The summed E-state index contributed by atoms with van der Waals surface area (Å²) in [6.45, 7) is 3.92. The second-order valence-corrected chi connectivity index (χ2v) is 7.13. The molecule has 8 heteroatoms. The van der Waals surface area contributed by atoms with Gasteiger partial charge in [0.25, 0.3) is 5.91 Å². The number of anilines is 2. The van der Waals surface area contributed by atoms with Crippen LogP contribution in [0.15, 0.2) is 54.6 Å². The minimum Gasteiger partial charge on any atom is -0.314 e. The largest absolute Gasteiger partial charge is 0.324 e. The number of nitrogens with zero attached hydrogens (tertiary/aromatic N) is 3. The lowest BCUT2D eigenvalue weighted by atomic mass is 10.1. The number of carbonyl (C=O) groups is 3. The Labute approximate surface area is 173 Å². The van der Waals surface area contributed by atoms with E-state index in [1.807, 2.05) is 31.2 Å². The highest BCUT2D eigenvalue weighted by Gasteiger charge is 2.32. The number of amides is 4. The Kier molecular flexibility index (Phi) is 5.05. The molecular formula is C22H21N5O3. The van der Waals surface area contributed by atoms with Gasteiger partial charge in [-0.05, 0) is 30.7 Å². The smallest absolute Gasteiger partial charge is 0.314 e. The van der Waals surface area contributed by atoms with Crippen molar-refractivity contribution < 1.29 is 14.4 Å². The van der Waals surface area contributed by atoms with E-state index in [0.29, 0.717) is 11.4 Å². The van der Waals surface area contributed by atoms with E-state index >= 15 is 0 Å². The highest BCUT2D eigenvalue weighted by Crippen LogP contribution is 2.35. The molecule has 4 rings (SSSR count). The second-order valence-electron chi connectivity index (χ2n) is 7.13. The van der Waals surface area contributed by atoms with E-state index in [0.717, 1.165) is 22.5 Å². The lowest BCUT2D eigenvalue weighted by Crippen LogP contribution is -2.40. The zero-order valence-electron chi connectivity index (χ0n) is 16.7. The number of hydrogen-bond donors (Lipinski definition) is 2. The molecule has 2 aromatic carbocycles. The number of carbonyl (C=O) groups excluding carboxylic acids is 3. The van der Waals surface area contributed by atoms with E-state index in [4.69, 9.17) is 0 Å². The van der Waals surface area contributed by atoms with Crippen LogP contribution in [0.3, 0.4) is 0 Å². The van der Waals surface area contributed by atoms with Crippen molar-refractivity contribution in [1.29, 1.82) is 0 Å². The Morgan fingerprint density at radius 2 is 1.73 bits per heavy atom. The predicted octanol–water partition coefficient (Wildman–Crippen LogP) is 3.27. The lowest BCUT2D eigenvalue weighted by Gasteiger charge is -2.22. The topological polar surface area (TPSA) is 98.4 Å². The Bertz CT molecular complexity index is 1120. The van der Waals surface area contributed by atoms with Crippen molar-refractivity contribution in [2.24, 2.45) is 0 Å². The number of urea groups is 1. The normalized spacial score (nSPS) is 12.4. The maximum atomic E-state index is 12.6. The van der Waals surface area contributed by atoms with Gasteiger partial charge in [0.1, 0.15) is 0 Å². The first-order valence-corrected chi connectivity index (χ1v) is 9.53. The Morgan fingerprint density at radius 1 is 1.03 bits per heavy atom. The van der Waals surface area contributed by atoms with Crippen LogP contribution in [0.5, 0.6) is 0 Å². The van der Waals surface area contributed by atoms with Crippen LogP contribution in [0.1, 0.15) is 34.1 Å². The lowest BCUT2D eigenvalue weighted by molar-refractivity contribution is -0.115. The standard InChI is InChI=1S/C22H21N5O3/c1-14-8-6-7-11-19(14)27(15(2)28)20-17-12-26(13-18(17)24-25-20)22(30)23-21(29)16-9-4-3-5-10-16/h3-11H,12-13H2,1-2H3,(H,24,25)(H,23,29,30). The third-order valence-electron chi connectivity index (χ3n) is 5.06. The third kappa shape index (κ3) is 3.55. The van der Waals surface area contributed by atoms with Crippen LogP contribution < -0.4 is 10.2 Å². The molecule has 0 bridgehead atoms. The van der Waals surface area contributed by atoms with Crippen molar-refractivity contribution in [2.45, 2.75) is 26.9 Å². The molecule has 0 saturated heterocycles. The third-order valence-corrected chi connectivity index (χ3v) is 5.06. The van der Waals surface area contributed by atoms with Gasteiger partial charge in [-0.2, -0.15) is 5.10 Å². The molecule has 1 aromatic heterocycles. The fourth-order valence-electron chi connectivity index (χ4n) is 3.54. The highest BCUT2D eigenvalue weighted by atomic mass is 16.2. The van der Waals surface area contributed by atoms with Crippen LogP contribution in [-0.4, -0.2) is 32.9 Å². The number of benzene rings is 2. The summed E-state index contributed by atoms with van der Waals surface area (Å²) >= 11 is 0. The fourth-order valence-corrected chi connectivity index (χ4v) is 3.54. The summed E-state index contributed by atoms with van der Waals surface area (Å²) in [6.07, 6.45) is 0. The number of aromatic amines is 1. The van der Waals surface area contributed by atoms with Gasteiger partial charge in [-0.15, -0.1) is 0 Å². The maximum absolute atomic E-state index is 12.6. The molecule has 30 heavy (non-hydrogen) atoms. The monoisotopic (exact) mass is 403 g/mol. The molecule has 1 aliphatic heterocycles. The molecule has 0 unspecified atom stereocenters. The van der Waals surface area contributed by atoms with Gasteiger partial charge in [0.05, 0.1) is 24.5 Å². The molecule has 0 radical (unpaired) electrons. The average Bonchev–Trinajstić information content (AvgIpc) is 3.32. The molecule has 152 valence electrons. The molecule has 3 aromatic rings. The van der Waals surface area contributed by atoms with Crippen molar-refractivity contribution >= 4 is 29.4 Å². The van der Waals surface area contributed by atoms with Crippen LogP contribution in [-0.2, 0) is 17.9 Å². The average molecular weight is 403 g/mol. The minimum atomic E-state index is -0.496. The van der Waals surface area contributed by atoms with Crippen LogP contribution in [0.25, 0.3) is 0 Å². The van der Waals surface area contributed by atoms with Gasteiger partial charge >= 0.3 is 6.03 Å². The SMILES string of the molecule is CC(=O)N(c1ccccc1C)c1n[nH]c2c1CN(C(=O)NC(=O)c1ccccc1)C2. The first kappa shape index (κ1) is 19.4. The van der Waals surface area contributed by atoms with Gasteiger partial charge in [-0.1, -0.05) is 36.4 Å². The number of imide groups is 1. The molecule has 2 heterocycles. The van der Waals surface area contributed by atoms with E-state index in [1.165, 1.54) is 11.8 Å². The zero-order chi connectivity index (χ0) is 21.3. The predicted molar refractivity (Wildman–Crippen MR) is 111 cm³/mol. The van der Waals surface area contributed by atoms with Crippen LogP contribution in [0, 0.1) is 6.92 Å². The van der Waals surface area contributed by atoms with E-state index in [2.05, 4.69) is 15.5 Å². The number of aromatic nitrogens is 2. The summed E-state index contributed by atoms with van der Waals surface area (Å²) in [7, 11) is 0. The number of H-pyrrole nitrogens is 1. The number of aryl methyl sites for hydroxylation is 1. The Hall–Kier alpha value is -3.94. The van der Waals surface area contributed by atoms with E-state index in [-0.39, 0.29) is 19.0 Å². The van der Waals surface area contributed by atoms with Crippen molar-refractivity contribution in [3.63, 3.8) is 0 Å².